The van der Waals surface area contributed by atoms with E-state index in [1.807, 2.05) is 49.3 Å². The van der Waals surface area contributed by atoms with E-state index >= 15 is 0 Å². The molecule has 0 bridgehead atoms. The quantitative estimate of drug-likeness (QED) is 0.628. The molecule has 1 aromatic carbocycles. The van der Waals surface area contributed by atoms with Gasteiger partial charge in [-0.15, -0.1) is 0 Å². The summed E-state index contributed by atoms with van der Waals surface area (Å²) in [7, 11) is 8.81. The number of hydrogen-bond donors (Lipinski definition) is 1. The number of nitrogens with zero attached hydrogens (tertiary/aromatic N) is 3. The van der Waals surface area contributed by atoms with Crippen LogP contribution in [0.2, 0.25) is 0 Å². The van der Waals surface area contributed by atoms with Gasteiger partial charge in [0, 0.05) is 19.2 Å². The molecule has 1 amide bonds. The van der Waals surface area contributed by atoms with Crippen molar-refractivity contribution in [2.24, 2.45) is 7.05 Å². The maximum absolute atomic E-state index is 12.8. The van der Waals surface area contributed by atoms with Gasteiger partial charge in [0.15, 0.2) is 0 Å². The number of aromatic nitrogens is 2. The molecule has 1 N–H and O–H groups in total. The molecule has 154 valence electrons. The van der Waals surface area contributed by atoms with Crippen LogP contribution in [0.1, 0.15) is 22.3 Å². The maximum atomic E-state index is 12.8. The molecule has 0 radical (unpaired) electrons. The van der Waals surface area contributed by atoms with Gasteiger partial charge in [-0.2, -0.15) is 5.10 Å². The van der Waals surface area contributed by atoms with E-state index in [4.69, 9.17) is 13.9 Å². The Kier molecular flexibility index (Phi) is 6.23. The first-order chi connectivity index (χ1) is 13.9. The number of likely N-dealkylation sites (N-methyl/N-ethyl adjacent to an activating group) is 1. The van der Waals surface area contributed by atoms with Crippen molar-refractivity contribution in [1.29, 1.82) is 0 Å². The van der Waals surface area contributed by atoms with Crippen molar-refractivity contribution in [3.8, 4) is 22.8 Å². The number of methoxy groups -OCH3 is 2. The molecule has 0 unspecified atom stereocenters. The summed E-state index contributed by atoms with van der Waals surface area (Å²) in [5, 5.41) is 7.46. The molecule has 3 rings (SSSR count). The lowest BCUT2D eigenvalue weighted by Crippen LogP contribution is -2.35. The summed E-state index contributed by atoms with van der Waals surface area (Å²) in [6.45, 7) is 0.405. The van der Waals surface area contributed by atoms with Gasteiger partial charge in [-0.1, -0.05) is 0 Å². The Labute approximate surface area is 170 Å². The lowest BCUT2D eigenvalue weighted by atomic mass is 10.1. The minimum Gasteiger partial charge on any atom is -0.497 e. The highest BCUT2D eigenvalue weighted by Crippen LogP contribution is 2.33. The number of benzene rings is 1. The van der Waals surface area contributed by atoms with Crippen molar-refractivity contribution in [2.75, 3.05) is 34.9 Å². The number of rotatable bonds is 8. The zero-order valence-electron chi connectivity index (χ0n) is 17.3. The summed E-state index contributed by atoms with van der Waals surface area (Å²) in [5.41, 5.74) is 1.83. The Morgan fingerprint density at radius 3 is 2.66 bits per heavy atom. The third kappa shape index (κ3) is 4.43. The molecule has 0 saturated heterocycles. The van der Waals surface area contributed by atoms with E-state index in [1.165, 1.54) is 0 Å². The number of amides is 1. The largest absolute Gasteiger partial charge is 0.497 e. The summed E-state index contributed by atoms with van der Waals surface area (Å²) in [6.07, 6.45) is 1.63. The highest BCUT2D eigenvalue weighted by Gasteiger charge is 2.21. The number of furan rings is 1. The molecule has 2 aromatic heterocycles. The van der Waals surface area contributed by atoms with Crippen molar-refractivity contribution in [3.63, 3.8) is 0 Å². The SMILES string of the molecule is COc1ccc(OC)c(-c2cc(C(=O)NC[C@H](c3ccco3)N(C)C)n(C)n2)c1. The van der Waals surface area contributed by atoms with E-state index in [2.05, 4.69) is 10.4 Å². The van der Waals surface area contributed by atoms with E-state index < -0.39 is 0 Å². The fourth-order valence-electron chi connectivity index (χ4n) is 3.12. The Morgan fingerprint density at radius 1 is 1.24 bits per heavy atom. The number of carbonyl (C=O) groups is 1. The average Bonchev–Trinajstić information content (AvgIpc) is 3.37. The molecule has 0 aliphatic carbocycles. The molecule has 0 saturated carbocycles. The van der Waals surface area contributed by atoms with Gasteiger partial charge < -0.3 is 19.2 Å². The van der Waals surface area contributed by atoms with E-state index in [0.717, 1.165) is 11.3 Å². The second kappa shape index (κ2) is 8.83. The summed E-state index contributed by atoms with van der Waals surface area (Å²) in [4.78, 5) is 14.8. The van der Waals surface area contributed by atoms with Crippen LogP contribution in [0.3, 0.4) is 0 Å². The zero-order valence-corrected chi connectivity index (χ0v) is 17.3. The van der Waals surface area contributed by atoms with Crippen LogP contribution in [0.25, 0.3) is 11.3 Å². The molecule has 2 heterocycles. The van der Waals surface area contributed by atoms with Crippen molar-refractivity contribution >= 4 is 5.91 Å². The fraction of sp³-hybridized carbons (Fsp3) is 0.333. The van der Waals surface area contributed by atoms with Gasteiger partial charge in [0.2, 0.25) is 0 Å². The maximum Gasteiger partial charge on any atom is 0.269 e. The van der Waals surface area contributed by atoms with Crippen LogP contribution in [0.5, 0.6) is 11.5 Å². The molecule has 3 aromatic rings. The van der Waals surface area contributed by atoms with Crippen LogP contribution in [-0.4, -0.2) is 55.4 Å². The van der Waals surface area contributed by atoms with Gasteiger partial charge in [-0.25, -0.2) is 0 Å². The van der Waals surface area contributed by atoms with Crippen molar-refractivity contribution in [2.45, 2.75) is 6.04 Å². The summed E-state index contributed by atoms with van der Waals surface area (Å²) >= 11 is 0. The van der Waals surface area contributed by atoms with Gasteiger partial charge in [0.25, 0.3) is 5.91 Å². The van der Waals surface area contributed by atoms with Crippen LogP contribution in [0.15, 0.2) is 47.1 Å². The Morgan fingerprint density at radius 2 is 2.03 bits per heavy atom. The predicted octanol–water partition coefficient (Wildman–Crippen LogP) is 2.73. The lowest BCUT2D eigenvalue weighted by molar-refractivity contribution is 0.0929. The number of carbonyl (C=O) groups excluding carboxylic acids is 1. The van der Waals surface area contributed by atoms with Gasteiger partial charge in [0.1, 0.15) is 23.0 Å². The van der Waals surface area contributed by atoms with Crippen LogP contribution < -0.4 is 14.8 Å². The Bertz CT molecular complexity index is 963. The van der Waals surface area contributed by atoms with Crippen LogP contribution in [0, 0.1) is 0 Å². The average molecular weight is 398 g/mol. The van der Waals surface area contributed by atoms with Crippen LogP contribution in [0.4, 0.5) is 0 Å². The van der Waals surface area contributed by atoms with Crippen LogP contribution in [-0.2, 0) is 7.05 Å². The van der Waals surface area contributed by atoms with Crippen LogP contribution >= 0.6 is 0 Å². The third-order valence-corrected chi connectivity index (χ3v) is 4.75. The molecular formula is C21H26N4O4. The minimum atomic E-state index is -0.216. The molecule has 1 atom stereocenters. The number of nitrogens with one attached hydrogen (secondary N) is 1. The van der Waals surface area contributed by atoms with Crippen molar-refractivity contribution < 1.29 is 18.7 Å². The molecule has 0 aliphatic heterocycles. The van der Waals surface area contributed by atoms with Gasteiger partial charge in [-0.3, -0.25) is 14.4 Å². The van der Waals surface area contributed by atoms with Crippen molar-refractivity contribution in [3.05, 3.63) is 54.1 Å². The monoisotopic (exact) mass is 398 g/mol. The molecule has 0 aliphatic rings. The first-order valence-corrected chi connectivity index (χ1v) is 9.19. The van der Waals surface area contributed by atoms with Crippen molar-refractivity contribution in [1.82, 2.24) is 20.0 Å². The predicted molar refractivity (Wildman–Crippen MR) is 109 cm³/mol. The normalized spacial score (nSPS) is 12.1. The summed E-state index contributed by atoms with van der Waals surface area (Å²) < 4.78 is 17.8. The van der Waals surface area contributed by atoms with E-state index in [-0.39, 0.29) is 11.9 Å². The van der Waals surface area contributed by atoms with Gasteiger partial charge in [-0.05, 0) is 50.5 Å². The second-order valence-electron chi connectivity index (χ2n) is 6.81. The Hall–Kier alpha value is -3.26. The standard InChI is InChI=1S/C21H26N4O4/c1-24(2)18(20-7-6-10-29-20)13-22-21(26)17-12-16(23-25(17)3)15-11-14(27-4)8-9-19(15)28-5/h6-12,18H,13H2,1-5H3,(H,22,26)/t18-/m1/s1. The zero-order chi connectivity index (χ0) is 21.0. The third-order valence-electron chi connectivity index (χ3n) is 4.75. The van der Waals surface area contributed by atoms with Gasteiger partial charge >= 0.3 is 0 Å². The summed E-state index contributed by atoms with van der Waals surface area (Å²) in [5.74, 6) is 1.92. The summed E-state index contributed by atoms with van der Waals surface area (Å²) in [6, 6.07) is 10.9. The highest BCUT2D eigenvalue weighted by molar-refractivity contribution is 5.94. The smallest absolute Gasteiger partial charge is 0.269 e. The van der Waals surface area contributed by atoms with E-state index in [1.54, 1.807) is 38.3 Å². The molecule has 29 heavy (non-hydrogen) atoms. The minimum absolute atomic E-state index is 0.0693. The molecule has 8 nitrogen and oxygen atoms in total. The molecular weight excluding hydrogens is 372 g/mol. The molecule has 8 heteroatoms. The van der Waals surface area contributed by atoms with E-state index in [9.17, 15) is 4.79 Å². The second-order valence-corrected chi connectivity index (χ2v) is 6.81. The topological polar surface area (TPSA) is 81.8 Å². The highest BCUT2D eigenvalue weighted by atomic mass is 16.5. The lowest BCUT2D eigenvalue weighted by Gasteiger charge is -2.22. The molecule has 0 fully saturated rings. The Balaban J connectivity index is 1.80. The fourth-order valence-corrected chi connectivity index (χ4v) is 3.12. The van der Waals surface area contributed by atoms with E-state index in [0.29, 0.717) is 29.4 Å². The number of ether oxygens (including phenoxy) is 2. The molecule has 0 spiro atoms. The number of aryl methyl sites for hydroxylation is 1. The number of hydrogen-bond acceptors (Lipinski definition) is 6. The first-order valence-electron chi connectivity index (χ1n) is 9.19. The first kappa shape index (κ1) is 20.5. The van der Waals surface area contributed by atoms with Gasteiger partial charge in [0.05, 0.1) is 32.2 Å².